The molecule has 0 saturated heterocycles. The Bertz CT molecular complexity index is 1220. The molecular weight excluding hydrogens is 794 g/mol. The number of rotatable bonds is 46. The topological polar surface area (TPSA) is 91.3 Å². The predicted molar refractivity (Wildman–Crippen MR) is 265 cm³/mol. The second-order valence-electron chi connectivity index (χ2n) is 17.8. The van der Waals surface area contributed by atoms with Crippen LogP contribution in [0, 0.1) is 0 Å². The lowest BCUT2D eigenvalue weighted by atomic mass is 10.0. The number of hydrogen-bond donors (Lipinski definition) is 1. The molecule has 0 aromatic carbocycles. The summed E-state index contributed by atoms with van der Waals surface area (Å²) in [6.45, 7) is 5.42. The Morgan fingerprint density at radius 2 is 0.903 bits per heavy atom. The Labute approximate surface area is 383 Å². The summed E-state index contributed by atoms with van der Waals surface area (Å²) in [5.74, 6) is -0.394. The van der Waals surface area contributed by atoms with Crippen LogP contribution in [0.2, 0.25) is 0 Å². The summed E-state index contributed by atoms with van der Waals surface area (Å²) in [6.07, 6.45) is 59.7. The van der Waals surface area contributed by atoms with Crippen molar-refractivity contribution < 1.29 is 37.3 Å². The number of carbonyl (C=O) groups is 1. The van der Waals surface area contributed by atoms with Crippen LogP contribution in [-0.4, -0.2) is 75.6 Å². The largest absolute Gasteiger partial charge is 0.472 e. The van der Waals surface area contributed by atoms with Crippen LogP contribution < -0.4 is 0 Å². The van der Waals surface area contributed by atoms with Gasteiger partial charge >= 0.3 is 13.8 Å². The van der Waals surface area contributed by atoms with Gasteiger partial charge < -0.3 is 18.9 Å². The lowest BCUT2D eigenvalue weighted by molar-refractivity contribution is -0.870. The van der Waals surface area contributed by atoms with Crippen LogP contribution in [0.25, 0.3) is 0 Å². The van der Waals surface area contributed by atoms with Crippen molar-refractivity contribution in [2.45, 2.75) is 206 Å². The number of esters is 1. The van der Waals surface area contributed by atoms with E-state index in [9.17, 15) is 14.3 Å². The summed E-state index contributed by atoms with van der Waals surface area (Å²) in [6, 6.07) is 0. The van der Waals surface area contributed by atoms with E-state index < -0.39 is 19.9 Å². The van der Waals surface area contributed by atoms with Crippen LogP contribution in [0.1, 0.15) is 200 Å². The number of phosphoric ester groups is 1. The second kappa shape index (κ2) is 45.5. The summed E-state index contributed by atoms with van der Waals surface area (Å²) in [7, 11) is 1.62. The molecule has 0 radical (unpaired) electrons. The fraction of sp³-hybridized carbons (Fsp3) is 0.755. The molecule has 2 atom stereocenters. The van der Waals surface area contributed by atoms with Crippen molar-refractivity contribution in [1.29, 1.82) is 0 Å². The van der Waals surface area contributed by atoms with Gasteiger partial charge in [0.25, 0.3) is 0 Å². The maximum Gasteiger partial charge on any atom is 0.472 e. The molecule has 2 unspecified atom stereocenters. The number of allylic oxidation sites excluding steroid dienone is 12. The molecule has 0 rings (SSSR count). The number of phosphoric acid groups is 1. The van der Waals surface area contributed by atoms with Crippen molar-refractivity contribution in [3.8, 4) is 0 Å². The first kappa shape index (κ1) is 59.9. The van der Waals surface area contributed by atoms with Crippen molar-refractivity contribution in [2.24, 2.45) is 0 Å². The van der Waals surface area contributed by atoms with Crippen molar-refractivity contribution in [3.63, 3.8) is 0 Å². The SMILES string of the molecule is CC/C=C\C/C=C\C/C=C\C/C=C\C/C=C\C/C=C\CCC(=O)OC(COCCCCCCCCCCCCCCCCCCCCCCC)COP(=O)(O)OCC[N+](C)(C)C. The minimum Gasteiger partial charge on any atom is -0.457 e. The van der Waals surface area contributed by atoms with Crippen LogP contribution in [0.5, 0.6) is 0 Å². The zero-order chi connectivity index (χ0) is 45.5. The van der Waals surface area contributed by atoms with Gasteiger partial charge in [0, 0.05) is 13.0 Å². The van der Waals surface area contributed by atoms with Gasteiger partial charge in [-0.1, -0.05) is 215 Å². The standard InChI is InChI=1S/C53H96NO7P/c1-6-8-10-12-14-16-18-20-22-24-26-27-29-31-33-35-37-39-41-43-45-48-58-50-52(51-60-62(56,57)59-49-47-54(3,4)5)61-53(55)46-44-42-40-38-36-34-32-30-28-25-23-21-19-17-15-13-11-9-7-2/h9,11,15,17,21,23,28,30,34,36,40,42,52H,6-8,10,12-14,16,18-20,22,24-27,29,31-33,35,37-39,41,43-51H2,1-5H3/p+1/b11-9-,17-15-,23-21-,30-28-,36-34-,42-40-. The van der Waals surface area contributed by atoms with Crippen LogP contribution >= 0.6 is 7.82 Å². The first-order valence-corrected chi connectivity index (χ1v) is 26.7. The lowest BCUT2D eigenvalue weighted by Crippen LogP contribution is -2.37. The smallest absolute Gasteiger partial charge is 0.457 e. The Balaban J connectivity index is 4.25. The van der Waals surface area contributed by atoms with Gasteiger partial charge in [0.2, 0.25) is 0 Å². The van der Waals surface area contributed by atoms with Crippen LogP contribution in [-0.2, 0) is 27.9 Å². The average molecular weight is 891 g/mol. The fourth-order valence-electron chi connectivity index (χ4n) is 6.70. The zero-order valence-corrected chi connectivity index (χ0v) is 41.7. The molecule has 0 aromatic heterocycles. The van der Waals surface area contributed by atoms with E-state index in [1.807, 2.05) is 33.3 Å². The fourth-order valence-corrected chi connectivity index (χ4v) is 7.44. The molecule has 9 heteroatoms. The number of likely N-dealkylation sites (N-methyl/N-ethyl adjacent to an activating group) is 1. The van der Waals surface area contributed by atoms with Crippen LogP contribution in [0.4, 0.5) is 0 Å². The highest BCUT2D eigenvalue weighted by Gasteiger charge is 2.26. The molecule has 0 aromatic rings. The monoisotopic (exact) mass is 891 g/mol. The van der Waals surface area contributed by atoms with Gasteiger partial charge in [0.05, 0.1) is 34.4 Å². The molecule has 0 fully saturated rings. The number of carbonyl (C=O) groups excluding carboxylic acids is 1. The maximum atomic E-state index is 12.7. The summed E-state index contributed by atoms with van der Waals surface area (Å²) in [5.41, 5.74) is 0. The average Bonchev–Trinajstić information content (AvgIpc) is 3.23. The van der Waals surface area contributed by atoms with Crippen molar-refractivity contribution in [3.05, 3.63) is 72.9 Å². The molecule has 62 heavy (non-hydrogen) atoms. The van der Waals surface area contributed by atoms with Crippen molar-refractivity contribution in [2.75, 3.05) is 54.1 Å². The van der Waals surface area contributed by atoms with Gasteiger partial charge in [-0.25, -0.2) is 4.57 Å². The molecule has 0 amide bonds. The molecule has 0 bridgehead atoms. The van der Waals surface area contributed by atoms with Gasteiger partial charge in [-0.2, -0.15) is 0 Å². The maximum absolute atomic E-state index is 12.7. The third-order valence-corrected chi connectivity index (χ3v) is 11.5. The van der Waals surface area contributed by atoms with E-state index in [0.717, 1.165) is 51.4 Å². The Morgan fingerprint density at radius 3 is 1.31 bits per heavy atom. The highest BCUT2D eigenvalue weighted by molar-refractivity contribution is 7.47. The molecular formula is C53H97NO7P+. The number of ether oxygens (including phenoxy) is 2. The van der Waals surface area contributed by atoms with Gasteiger partial charge in [0.1, 0.15) is 19.3 Å². The third-order valence-electron chi connectivity index (χ3n) is 10.5. The number of unbranched alkanes of at least 4 members (excludes halogenated alkanes) is 20. The molecule has 8 nitrogen and oxygen atoms in total. The lowest BCUT2D eigenvalue weighted by Gasteiger charge is -2.24. The summed E-state index contributed by atoms with van der Waals surface area (Å²) in [5, 5.41) is 0. The zero-order valence-electron chi connectivity index (χ0n) is 40.8. The number of nitrogens with zero attached hydrogens (tertiary/aromatic N) is 1. The van der Waals surface area contributed by atoms with Crippen molar-refractivity contribution in [1.82, 2.24) is 0 Å². The molecule has 0 aliphatic rings. The first-order chi connectivity index (χ1) is 30.1. The second-order valence-corrected chi connectivity index (χ2v) is 19.3. The minimum absolute atomic E-state index is 0.0731. The minimum atomic E-state index is -4.30. The van der Waals surface area contributed by atoms with E-state index in [1.165, 1.54) is 122 Å². The van der Waals surface area contributed by atoms with E-state index in [4.69, 9.17) is 18.5 Å². The third kappa shape index (κ3) is 49.0. The summed E-state index contributed by atoms with van der Waals surface area (Å²) < 4.78 is 35.0. The van der Waals surface area contributed by atoms with E-state index in [2.05, 4.69) is 74.6 Å². The van der Waals surface area contributed by atoms with Gasteiger partial charge in [0.15, 0.2) is 0 Å². The molecule has 0 aliphatic carbocycles. The van der Waals surface area contributed by atoms with Gasteiger partial charge in [-0.3, -0.25) is 13.8 Å². The van der Waals surface area contributed by atoms with E-state index >= 15 is 0 Å². The van der Waals surface area contributed by atoms with Crippen molar-refractivity contribution >= 4 is 13.8 Å². The Kier molecular flexibility index (Phi) is 44.0. The van der Waals surface area contributed by atoms with E-state index in [-0.39, 0.29) is 26.2 Å². The highest BCUT2D eigenvalue weighted by atomic mass is 31.2. The first-order valence-electron chi connectivity index (χ1n) is 25.2. The highest BCUT2D eigenvalue weighted by Crippen LogP contribution is 2.43. The molecule has 0 saturated carbocycles. The molecule has 0 spiro atoms. The number of quaternary nitrogens is 1. The predicted octanol–water partition coefficient (Wildman–Crippen LogP) is 15.4. The summed E-state index contributed by atoms with van der Waals surface area (Å²) in [4.78, 5) is 22.9. The normalized spacial score (nSPS) is 14.2. The molecule has 1 N–H and O–H groups in total. The quantitative estimate of drug-likeness (QED) is 0.0214. The Morgan fingerprint density at radius 1 is 0.516 bits per heavy atom. The molecule has 0 aliphatic heterocycles. The van der Waals surface area contributed by atoms with E-state index in [0.29, 0.717) is 24.1 Å². The van der Waals surface area contributed by atoms with Gasteiger partial charge in [-0.05, 0) is 51.4 Å². The molecule has 360 valence electrons. The molecule has 0 heterocycles. The number of hydrogen-bond acceptors (Lipinski definition) is 6. The Hall–Kier alpha value is -2.06. The van der Waals surface area contributed by atoms with Crippen LogP contribution in [0.15, 0.2) is 72.9 Å². The van der Waals surface area contributed by atoms with E-state index in [1.54, 1.807) is 0 Å². The van der Waals surface area contributed by atoms with Gasteiger partial charge in [-0.15, -0.1) is 0 Å². The van der Waals surface area contributed by atoms with Crippen LogP contribution in [0.3, 0.4) is 0 Å². The summed E-state index contributed by atoms with van der Waals surface area (Å²) >= 11 is 0.